The van der Waals surface area contributed by atoms with E-state index in [0.717, 1.165) is 0 Å². The van der Waals surface area contributed by atoms with E-state index in [-0.39, 0.29) is 0 Å². The molecule has 3 unspecified atom stereocenters. The molecule has 5 heteroatoms. The molecule has 0 aromatic rings. The average Bonchev–Trinajstić information content (AvgIpc) is 2.00. The summed E-state index contributed by atoms with van der Waals surface area (Å²) in [6, 6.07) is 0. The fraction of sp³-hybridized carbons (Fsp3) is 1.00. The normalized spacial score (nSPS) is 22.4. The molecule has 11 heavy (non-hydrogen) atoms. The van der Waals surface area contributed by atoms with Gasteiger partial charge in [0.1, 0.15) is 18.3 Å². The number of hydrogen-bond donors (Lipinski definition) is 5. The van der Waals surface area contributed by atoms with Crippen molar-refractivity contribution < 1.29 is 25.5 Å². The highest BCUT2D eigenvalue weighted by Gasteiger charge is 2.27. The first-order chi connectivity index (χ1) is 5.00. The topological polar surface area (TPSA) is 101 Å². The van der Waals surface area contributed by atoms with Crippen LogP contribution in [0.1, 0.15) is 6.92 Å². The Bertz CT molecular complexity index is 105. The molecule has 0 saturated carbocycles. The Balaban J connectivity index is 3.90. The number of aliphatic hydroxyl groups is 5. The summed E-state index contributed by atoms with van der Waals surface area (Å²) in [5.41, 5.74) is 0. The Hall–Kier alpha value is -0.200. The third kappa shape index (κ3) is 3.13. The first-order valence-corrected chi connectivity index (χ1v) is 3.33. The molecular weight excluding hydrogens is 152 g/mol. The Kier molecular flexibility index (Phi) is 4.55. The van der Waals surface area contributed by atoms with Crippen molar-refractivity contribution in [1.29, 1.82) is 0 Å². The van der Waals surface area contributed by atoms with Gasteiger partial charge in [-0.25, -0.2) is 0 Å². The van der Waals surface area contributed by atoms with Crippen molar-refractivity contribution in [1.82, 2.24) is 0 Å². The van der Waals surface area contributed by atoms with E-state index in [2.05, 4.69) is 0 Å². The van der Waals surface area contributed by atoms with Crippen molar-refractivity contribution in [2.45, 2.75) is 31.3 Å². The molecule has 0 aliphatic rings. The fourth-order valence-corrected chi connectivity index (χ4v) is 0.621. The van der Waals surface area contributed by atoms with Gasteiger partial charge in [0.2, 0.25) is 0 Å². The van der Waals surface area contributed by atoms with E-state index in [0.29, 0.717) is 0 Å². The van der Waals surface area contributed by atoms with E-state index in [1.54, 1.807) is 0 Å². The molecule has 0 spiro atoms. The van der Waals surface area contributed by atoms with Gasteiger partial charge in [0.25, 0.3) is 0 Å². The van der Waals surface area contributed by atoms with Crippen LogP contribution in [0.4, 0.5) is 0 Å². The van der Waals surface area contributed by atoms with Crippen LogP contribution in [-0.4, -0.2) is 56.6 Å². The van der Waals surface area contributed by atoms with Gasteiger partial charge in [-0.15, -0.1) is 0 Å². The van der Waals surface area contributed by atoms with E-state index in [9.17, 15) is 0 Å². The molecule has 0 aromatic heterocycles. The Labute approximate surface area is 64.5 Å². The average molecular weight is 166 g/mol. The van der Waals surface area contributed by atoms with Crippen molar-refractivity contribution in [2.24, 2.45) is 0 Å². The summed E-state index contributed by atoms with van der Waals surface area (Å²) in [7, 11) is 0. The van der Waals surface area contributed by atoms with E-state index >= 15 is 0 Å². The van der Waals surface area contributed by atoms with Crippen molar-refractivity contribution in [3.8, 4) is 0 Å². The summed E-state index contributed by atoms with van der Waals surface area (Å²) in [6.45, 7) is 0.628. The van der Waals surface area contributed by atoms with Crippen LogP contribution >= 0.6 is 0 Å². The number of hydrogen-bond acceptors (Lipinski definition) is 5. The Morgan fingerprint density at radius 3 is 1.73 bits per heavy atom. The maximum Gasteiger partial charge on any atom is 0.110 e. The molecule has 4 atom stereocenters. The second-order valence-corrected chi connectivity index (χ2v) is 2.47. The van der Waals surface area contributed by atoms with E-state index in [1.807, 2.05) is 0 Å². The number of rotatable bonds is 4. The van der Waals surface area contributed by atoms with Crippen LogP contribution in [0.5, 0.6) is 0 Å². The van der Waals surface area contributed by atoms with Gasteiger partial charge in [0.15, 0.2) is 0 Å². The maximum atomic E-state index is 8.94. The van der Waals surface area contributed by atoms with Crippen LogP contribution in [-0.2, 0) is 0 Å². The molecule has 0 fully saturated rings. The molecule has 5 nitrogen and oxygen atoms in total. The quantitative estimate of drug-likeness (QED) is 0.316. The van der Waals surface area contributed by atoms with Gasteiger partial charge in [-0.2, -0.15) is 0 Å². The lowest BCUT2D eigenvalue weighted by atomic mass is 10.1. The van der Waals surface area contributed by atoms with Crippen LogP contribution in [0, 0.1) is 0 Å². The van der Waals surface area contributed by atoms with Crippen LogP contribution in [0.2, 0.25) is 0 Å². The first kappa shape index (κ1) is 10.8. The minimum atomic E-state index is -1.51. The summed E-state index contributed by atoms with van der Waals surface area (Å²) >= 11 is 0. The Morgan fingerprint density at radius 1 is 1.00 bits per heavy atom. The molecule has 0 saturated heterocycles. The zero-order chi connectivity index (χ0) is 9.02. The van der Waals surface area contributed by atoms with Gasteiger partial charge < -0.3 is 25.5 Å². The zero-order valence-electron chi connectivity index (χ0n) is 6.25. The molecule has 68 valence electrons. The zero-order valence-corrected chi connectivity index (χ0v) is 6.25. The second kappa shape index (κ2) is 4.63. The van der Waals surface area contributed by atoms with Gasteiger partial charge in [-0.05, 0) is 6.92 Å². The largest absolute Gasteiger partial charge is 0.394 e. The first-order valence-electron chi connectivity index (χ1n) is 3.33. The molecule has 0 aromatic carbocycles. The molecular formula is C6H14O5. The summed E-state index contributed by atoms with van der Waals surface area (Å²) in [5, 5.41) is 43.7. The van der Waals surface area contributed by atoms with Crippen molar-refractivity contribution in [3.05, 3.63) is 0 Å². The lowest BCUT2D eigenvalue weighted by molar-refractivity contribution is -0.110. The smallest absolute Gasteiger partial charge is 0.110 e. The van der Waals surface area contributed by atoms with E-state index < -0.39 is 31.0 Å². The van der Waals surface area contributed by atoms with Crippen molar-refractivity contribution in [2.75, 3.05) is 6.61 Å². The van der Waals surface area contributed by atoms with Gasteiger partial charge in [-0.1, -0.05) is 0 Å². The number of aliphatic hydroxyl groups excluding tert-OH is 5. The molecule has 0 aliphatic heterocycles. The maximum absolute atomic E-state index is 8.94. The van der Waals surface area contributed by atoms with Crippen LogP contribution in [0.15, 0.2) is 0 Å². The molecule has 0 bridgehead atoms. The highest BCUT2D eigenvalue weighted by molar-refractivity contribution is 4.77. The highest BCUT2D eigenvalue weighted by atomic mass is 16.4. The van der Waals surface area contributed by atoms with Crippen molar-refractivity contribution in [3.63, 3.8) is 0 Å². The molecule has 0 heterocycles. The van der Waals surface area contributed by atoms with Crippen molar-refractivity contribution >= 4 is 0 Å². The lowest BCUT2D eigenvalue weighted by Gasteiger charge is -2.23. The molecule has 0 rings (SSSR count). The van der Waals surface area contributed by atoms with Gasteiger partial charge in [0, 0.05) is 0 Å². The predicted molar refractivity (Wildman–Crippen MR) is 36.8 cm³/mol. The minimum Gasteiger partial charge on any atom is -0.394 e. The lowest BCUT2D eigenvalue weighted by Crippen LogP contribution is -2.44. The predicted octanol–water partition coefficient (Wildman–Crippen LogP) is -2.56. The monoisotopic (exact) mass is 166 g/mol. The third-order valence-corrected chi connectivity index (χ3v) is 1.43. The molecule has 0 aliphatic carbocycles. The van der Waals surface area contributed by atoms with Gasteiger partial charge in [0.05, 0.1) is 12.7 Å². The minimum absolute atomic E-state index is 0.648. The van der Waals surface area contributed by atoms with E-state index in [1.165, 1.54) is 6.92 Å². The highest BCUT2D eigenvalue weighted by Crippen LogP contribution is 2.03. The molecule has 0 amide bonds. The summed E-state index contributed by atoms with van der Waals surface area (Å²) < 4.78 is 0. The molecule has 5 N–H and O–H groups in total. The Morgan fingerprint density at radius 2 is 1.45 bits per heavy atom. The van der Waals surface area contributed by atoms with Gasteiger partial charge >= 0.3 is 0 Å². The second-order valence-electron chi connectivity index (χ2n) is 2.47. The van der Waals surface area contributed by atoms with Crippen LogP contribution < -0.4 is 0 Å². The van der Waals surface area contributed by atoms with Crippen LogP contribution in [0.25, 0.3) is 0 Å². The summed E-state index contributed by atoms with van der Waals surface area (Å²) in [4.78, 5) is 0. The van der Waals surface area contributed by atoms with Crippen LogP contribution in [0.3, 0.4) is 0 Å². The SMILES string of the molecule is CC(O)C(O)[C@H](O)C(O)CO. The van der Waals surface area contributed by atoms with E-state index in [4.69, 9.17) is 25.5 Å². The standard InChI is InChI=1S/C6H14O5/c1-3(8)5(10)6(11)4(9)2-7/h3-11H,2H2,1H3/t3?,4?,5?,6-/m1/s1. The molecule has 0 radical (unpaired) electrons. The summed E-state index contributed by atoms with van der Waals surface area (Å²) in [5.74, 6) is 0. The third-order valence-electron chi connectivity index (χ3n) is 1.43. The fourth-order valence-electron chi connectivity index (χ4n) is 0.621. The van der Waals surface area contributed by atoms with Gasteiger partial charge in [-0.3, -0.25) is 0 Å². The summed E-state index contributed by atoms with van der Waals surface area (Å²) in [6.07, 6.45) is -5.50.